The average molecular weight is 449 g/mol. The fraction of sp³-hybridized carbons (Fsp3) is 0.500. The predicted octanol–water partition coefficient (Wildman–Crippen LogP) is 1.70. The van der Waals surface area contributed by atoms with Crippen LogP contribution in [0.5, 0.6) is 0 Å². The van der Waals surface area contributed by atoms with Crippen LogP contribution < -0.4 is 4.90 Å². The van der Waals surface area contributed by atoms with Crippen molar-refractivity contribution in [3.05, 3.63) is 41.9 Å². The summed E-state index contributed by atoms with van der Waals surface area (Å²) in [4.78, 5) is 42.2. The van der Waals surface area contributed by atoms with Gasteiger partial charge in [0.05, 0.1) is 41.3 Å². The molecule has 4 rings (SSSR count). The van der Waals surface area contributed by atoms with Crippen LogP contribution in [0.4, 0.5) is 5.69 Å². The molecule has 1 aromatic rings. The second-order valence-electron chi connectivity index (χ2n) is 8.36. The highest BCUT2D eigenvalue weighted by Crippen LogP contribution is 2.59. The van der Waals surface area contributed by atoms with Crippen LogP contribution in [0.15, 0.2) is 36.9 Å². The Kier molecular flexibility index (Phi) is 5.57. The number of aliphatic hydroxyl groups excluding tert-OH is 1. The van der Waals surface area contributed by atoms with Gasteiger partial charge in [-0.3, -0.25) is 14.4 Å². The Morgan fingerprint density at radius 3 is 2.77 bits per heavy atom. The number of likely N-dealkylation sites (tertiary alicyclic amines) is 1. The van der Waals surface area contributed by atoms with Crippen LogP contribution in [0.2, 0.25) is 5.02 Å². The third-order valence-electron chi connectivity index (χ3n) is 6.72. The molecule has 0 unspecified atom stereocenters. The van der Waals surface area contributed by atoms with Gasteiger partial charge in [-0.15, -0.1) is 6.58 Å². The van der Waals surface area contributed by atoms with Crippen molar-refractivity contribution < 1.29 is 29.3 Å². The van der Waals surface area contributed by atoms with Crippen LogP contribution in [0.1, 0.15) is 19.8 Å². The van der Waals surface area contributed by atoms with Crippen molar-refractivity contribution in [2.24, 2.45) is 11.8 Å². The van der Waals surface area contributed by atoms with Crippen molar-refractivity contribution in [3.63, 3.8) is 0 Å². The van der Waals surface area contributed by atoms with Crippen molar-refractivity contribution >= 4 is 35.1 Å². The topological polar surface area (TPSA) is 107 Å². The van der Waals surface area contributed by atoms with E-state index in [1.165, 1.54) is 9.80 Å². The lowest BCUT2D eigenvalue weighted by atomic mass is 9.70. The van der Waals surface area contributed by atoms with Crippen LogP contribution >= 0.6 is 11.6 Å². The molecule has 6 atom stereocenters. The molecular weight excluding hydrogens is 424 g/mol. The number of halogens is 1. The molecule has 3 aliphatic heterocycles. The molecular formula is C22H25ClN2O6. The number of carbonyl (C=O) groups excluding carboxylic acids is 2. The van der Waals surface area contributed by atoms with Gasteiger partial charge in [0.2, 0.25) is 5.91 Å². The zero-order valence-electron chi connectivity index (χ0n) is 17.1. The van der Waals surface area contributed by atoms with Gasteiger partial charge in [0.1, 0.15) is 11.6 Å². The maximum absolute atomic E-state index is 14.0. The predicted molar refractivity (Wildman–Crippen MR) is 113 cm³/mol. The SMILES string of the molecule is C=CCN(C(=O)[C@H]1N([C@H](C)CO)C(=O)[C@@H]2[C@@H](C(=O)O)[C@H]3CC[C@]21O3)c1ccccc1Cl. The van der Waals surface area contributed by atoms with Crippen molar-refractivity contribution in [2.45, 2.75) is 43.6 Å². The molecule has 3 fully saturated rings. The summed E-state index contributed by atoms with van der Waals surface area (Å²) in [5.74, 6) is -3.99. The van der Waals surface area contributed by atoms with Crippen molar-refractivity contribution in [2.75, 3.05) is 18.1 Å². The second kappa shape index (κ2) is 7.93. The van der Waals surface area contributed by atoms with Crippen LogP contribution in [0, 0.1) is 11.8 Å². The van der Waals surface area contributed by atoms with E-state index in [1.54, 1.807) is 37.3 Å². The maximum atomic E-state index is 14.0. The first kappa shape index (κ1) is 21.8. The first-order valence-corrected chi connectivity index (χ1v) is 10.7. The van der Waals surface area contributed by atoms with Gasteiger partial charge in [-0.2, -0.15) is 0 Å². The summed E-state index contributed by atoms with van der Waals surface area (Å²) in [7, 11) is 0. The number of carboxylic acids is 1. The van der Waals surface area contributed by atoms with E-state index in [9.17, 15) is 24.6 Å². The van der Waals surface area contributed by atoms with E-state index in [1.807, 2.05) is 0 Å². The van der Waals surface area contributed by atoms with Gasteiger partial charge in [-0.05, 0) is 31.9 Å². The van der Waals surface area contributed by atoms with Gasteiger partial charge in [0, 0.05) is 6.54 Å². The van der Waals surface area contributed by atoms with E-state index in [4.69, 9.17) is 16.3 Å². The van der Waals surface area contributed by atoms with E-state index < -0.39 is 53.4 Å². The number of aliphatic hydroxyl groups is 1. The molecule has 8 nitrogen and oxygen atoms in total. The number of nitrogens with zero attached hydrogens (tertiary/aromatic N) is 2. The molecule has 0 saturated carbocycles. The maximum Gasteiger partial charge on any atom is 0.310 e. The van der Waals surface area contributed by atoms with Crippen LogP contribution in [-0.2, 0) is 19.1 Å². The normalized spacial score (nSPS) is 32.1. The lowest BCUT2D eigenvalue weighted by molar-refractivity contribution is -0.150. The number of hydrogen-bond donors (Lipinski definition) is 2. The molecule has 3 heterocycles. The summed E-state index contributed by atoms with van der Waals surface area (Å²) in [6.07, 6.45) is 1.80. The van der Waals surface area contributed by atoms with Crippen LogP contribution in [-0.4, -0.2) is 69.8 Å². The first-order chi connectivity index (χ1) is 14.8. The number of ether oxygens (including phenoxy) is 1. The highest BCUT2D eigenvalue weighted by molar-refractivity contribution is 6.34. The zero-order chi connectivity index (χ0) is 22.5. The van der Waals surface area contributed by atoms with Gasteiger partial charge in [0.15, 0.2) is 0 Å². The molecule has 166 valence electrons. The van der Waals surface area contributed by atoms with Crippen molar-refractivity contribution in [3.8, 4) is 0 Å². The Labute approximate surface area is 185 Å². The molecule has 2 N–H and O–H groups in total. The molecule has 1 spiro atoms. The smallest absolute Gasteiger partial charge is 0.310 e. The minimum atomic E-state index is -1.24. The highest BCUT2D eigenvalue weighted by Gasteiger charge is 2.75. The number of rotatable bonds is 7. The average Bonchev–Trinajstić information content (AvgIpc) is 3.39. The van der Waals surface area contributed by atoms with Gasteiger partial charge < -0.3 is 24.7 Å². The van der Waals surface area contributed by atoms with Crippen LogP contribution in [0.3, 0.4) is 0 Å². The molecule has 0 aliphatic carbocycles. The van der Waals surface area contributed by atoms with Gasteiger partial charge >= 0.3 is 5.97 Å². The number of amides is 2. The molecule has 2 bridgehead atoms. The van der Waals surface area contributed by atoms with Gasteiger partial charge in [-0.25, -0.2) is 0 Å². The molecule has 31 heavy (non-hydrogen) atoms. The highest BCUT2D eigenvalue weighted by atomic mass is 35.5. The monoisotopic (exact) mass is 448 g/mol. The number of benzene rings is 1. The third-order valence-corrected chi connectivity index (χ3v) is 7.04. The number of fused-ring (bicyclic) bond motifs is 1. The fourth-order valence-electron chi connectivity index (χ4n) is 5.47. The Morgan fingerprint density at radius 2 is 2.16 bits per heavy atom. The van der Waals surface area contributed by atoms with E-state index in [0.717, 1.165) is 0 Å². The molecule has 2 amide bonds. The fourth-order valence-corrected chi connectivity index (χ4v) is 5.71. The summed E-state index contributed by atoms with van der Waals surface area (Å²) in [6.45, 7) is 5.13. The number of carboxylic acid groups (broad SMARTS) is 1. The number of anilines is 1. The van der Waals surface area contributed by atoms with E-state index >= 15 is 0 Å². The summed E-state index contributed by atoms with van der Waals surface area (Å²) in [5.41, 5.74) is -0.785. The number of aliphatic carboxylic acids is 1. The summed E-state index contributed by atoms with van der Waals surface area (Å²) in [5, 5.41) is 20.0. The molecule has 3 aliphatic rings. The van der Waals surface area contributed by atoms with Crippen molar-refractivity contribution in [1.29, 1.82) is 0 Å². The van der Waals surface area contributed by atoms with Crippen LogP contribution in [0.25, 0.3) is 0 Å². The Balaban J connectivity index is 1.83. The largest absolute Gasteiger partial charge is 0.481 e. The Morgan fingerprint density at radius 1 is 1.45 bits per heavy atom. The molecule has 1 aromatic carbocycles. The zero-order valence-corrected chi connectivity index (χ0v) is 17.9. The van der Waals surface area contributed by atoms with E-state index in [2.05, 4.69) is 6.58 Å². The second-order valence-corrected chi connectivity index (χ2v) is 8.77. The lowest BCUT2D eigenvalue weighted by Gasteiger charge is -2.38. The standard InChI is InChI=1S/C22H25ClN2O6/c1-3-10-24(14-7-5-4-6-13(14)23)20(28)18-22-9-8-15(31-22)16(21(29)30)17(22)19(27)25(18)12(2)11-26/h3-7,12,15-18,26H,1,8-11H2,2H3,(H,29,30)/t12-,15-,16+,17+,18-,22+/m1/s1. The molecule has 0 aromatic heterocycles. The number of carbonyl (C=O) groups is 3. The quantitative estimate of drug-likeness (QED) is 0.615. The summed E-state index contributed by atoms with van der Waals surface area (Å²) in [6, 6.07) is 5.09. The minimum absolute atomic E-state index is 0.140. The molecule has 0 radical (unpaired) electrons. The first-order valence-electron chi connectivity index (χ1n) is 10.3. The van der Waals surface area contributed by atoms with E-state index in [0.29, 0.717) is 23.6 Å². The minimum Gasteiger partial charge on any atom is -0.481 e. The number of hydrogen-bond acceptors (Lipinski definition) is 5. The van der Waals surface area contributed by atoms with Gasteiger partial charge in [0.25, 0.3) is 5.91 Å². The Bertz CT molecular complexity index is 938. The summed E-state index contributed by atoms with van der Waals surface area (Å²) >= 11 is 6.36. The summed E-state index contributed by atoms with van der Waals surface area (Å²) < 4.78 is 6.15. The number of para-hydroxylation sites is 1. The van der Waals surface area contributed by atoms with Crippen molar-refractivity contribution in [1.82, 2.24) is 4.90 Å². The Hall–Kier alpha value is -2.42. The molecule has 3 saturated heterocycles. The molecule has 9 heteroatoms. The lowest BCUT2D eigenvalue weighted by Crippen LogP contribution is -2.58. The van der Waals surface area contributed by atoms with Gasteiger partial charge in [-0.1, -0.05) is 29.8 Å². The third kappa shape index (κ3) is 3.08. The van der Waals surface area contributed by atoms with E-state index in [-0.39, 0.29) is 13.2 Å².